The largest absolute Gasteiger partial charge is 0.218 e. The highest BCUT2D eigenvalue weighted by atomic mass is 35.5. The fourth-order valence-corrected chi connectivity index (χ4v) is 2.68. The first-order chi connectivity index (χ1) is 6.33. The molecule has 2 N–H and O–H groups in total. The third kappa shape index (κ3) is 6.55. The van der Waals surface area contributed by atoms with Crippen molar-refractivity contribution in [2.24, 2.45) is 0 Å². The molecule has 0 radical (unpaired) electrons. The van der Waals surface area contributed by atoms with Crippen LogP contribution in [0.4, 0.5) is 0 Å². The Bertz CT molecular complexity index is 350. The van der Waals surface area contributed by atoms with Crippen LogP contribution in [0.2, 0.25) is 0 Å². The lowest BCUT2D eigenvalue weighted by Crippen LogP contribution is -2.34. The predicted octanol–water partition coefficient (Wildman–Crippen LogP) is -1.31. The SMILES string of the molecule is CNS(=O)(=O)CCNS(=O)(=O)CCCl. The zero-order valence-corrected chi connectivity index (χ0v) is 10.0. The highest BCUT2D eigenvalue weighted by Crippen LogP contribution is 1.87. The molecule has 0 amide bonds. The number of halogens is 1. The Labute approximate surface area is 89.1 Å². The minimum absolute atomic E-state index is 0.0197. The molecule has 0 spiro atoms. The second kappa shape index (κ2) is 5.86. The predicted molar refractivity (Wildman–Crippen MR) is 55.4 cm³/mol. The third-order valence-electron chi connectivity index (χ3n) is 1.35. The second-order valence-corrected chi connectivity index (χ2v) is 6.78. The van der Waals surface area contributed by atoms with Crippen molar-refractivity contribution in [1.29, 1.82) is 0 Å². The Hall–Kier alpha value is 0.110. The molecule has 86 valence electrons. The smallest absolute Gasteiger partial charge is 0.212 e. The monoisotopic (exact) mass is 264 g/mol. The molecule has 0 aliphatic rings. The maximum atomic E-state index is 11.0. The van der Waals surface area contributed by atoms with Gasteiger partial charge in [-0.3, -0.25) is 0 Å². The molecule has 14 heavy (non-hydrogen) atoms. The summed E-state index contributed by atoms with van der Waals surface area (Å²) in [4.78, 5) is 0. The van der Waals surface area contributed by atoms with E-state index < -0.39 is 20.0 Å². The first-order valence-electron chi connectivity index (χ1n) is 3.77. The van der Waals surface area contributed by atoms with Gasteiger partial charge in [-0.05, 0) is 7.05 Å². The molecule has 0 saturated heterocycles. The van der Waals surface area contributed by atoms with Crippen LogP contribution in [0.5, 0.6) is 0 Å². The van der Waals surface area contributed by atoms with Crippen molar-refractivity contribution in [3.63, 3.8) is 0 Å². The summed E-state index contributed by atoms with van der Waals surface area (Å²) in [5.41, 5.74) is 0. The minimum atomic E-state index is -3.44. The minimum Gasteiger partial charge on any atom is -0.218 e. The van der Waals surface area contributed by atoms with Crippen LogP contribution >= 0.6 is 11.6 Å². The van der Waals surface area contributed by atoms with Crippen LogP contribution in [-0.4, -0.2) is 47.8 Å². The second-order valence-electron chi connectivity index (χ2n) is 2.43. The molecular weight excluding hydrogens is 252 g/mol. The Balaban J connectivity index is 3.98. The molecule has 0 saturated carbocycles. The van der Waals surface area contributed by atoms with Crippen molar-refractivity contribution >= 4 is 31.6 Å². The number of hydrogen-bond acceptors (Lipinski definition) is 4. The zero-order chi connectivity index (χ0) is 11.2. The van der Waals surface area contributed by atoms with Gasteiger partial charge in [0.25, 0.3) is 0 Å². The van der Waals surface area contributed by atoms with E-state index >= 15 is 0 Å². The fraction of sp³-hybridized carbons (Fsp3) is 1.00. The van der Waals surface area contributed by atoms with E-state index in [2.05, 4.69) is 9.44 Å². The van der Waals surface area contributed by atoms with Gasteiger partial charge < -0.3 is 0 Å². The van der Waals surface area contributed by atoms with Gasteiger partial charge in [-0.1, -0.05) is 0 Å². The summed E-state index contributed by atoms with van der Waals surface area (Å²) in [6.45, 7) is -0.150. The summed E-state index contributed by atoms with van der Waals surface area (Å²) in [5.74, 6) is -0.521. The van der Waals surface area contributed by atoms with E-state index in [-0.39, 0.29) is 23.9 Å². The molecule has 0 aromatic heterocycles. The normalized spacial score (nSPS) is 13.0. The van der Waals surface area contributed by atoms with Crippen molar-refractivity contribution in [1.82, 2.24) is 9.44 Å². The molecule has 0 aromatic rings. The van der Waals surface area contributed by atoms with Crippen LogP contribution in [0.3, 0.4) is 0 Å². The van der Waals surface area contributed by atoms with E-state index in [4.69, 9.17) is 11.6 Å². The molecule has 9 heteroatoms. The molecule has 0 bridgehead atoms. The lowest BCUT2D eigenvalue weighted by Gasteiger charge is -2.04. The van der Waals surface area contributed by atoms with Crippen molar-refractivity contribution in [3.8, 4) is 0 Å². The molecular formula is C5H13ClN2O4S2. The molecule has 0 aliphatic heterocycles. The molecule has 0 aliphatic carbocycles. The summed E-state index contributed by atoms with van der Waals surface area (Å²) in [6.07, 6.45) is 0. The number of rotatable bonds is 7. The van der Waals surface area contributed by atoms with Crippen LogP contribution in [-0.2, 0) is 20.0 Å². The number of nitrogens with one attached hydrogen (secondary N) is 2. The van der Waals surface area contributed by atoms with E-state index in [1.165, 1.54) is 7.05 Å². The standard InChI is InChI=1S/C5H13ClN2O4S2/c1-7-13(9,10)5-3-8-14(11,12)4-2-6/h7-8H,2-5H2,1H3. The molecule has 6 nitrogen and oxygen atoms in total. The summed E-state index contributed by atoms with van der Waals surface area (Å²) in [6, 6.07) is 0. The van der Waals surface area contributed by atoms with Crippen LogP contribution in [0.25, 0.3) is 0 Å². The summed E-state index contributed by atoms with van der Waals surface area (Å²) in [7, 11) is -5.54. The highest BCUT2D eigenvalue weighted by Gasteiger charge is 2.11. The summed E-state index contributed by atoms with van der Waals surface area (Å²) >= 11 is 5.23. The fourth-order valence-electron chi connectivity index (χ4n) is 0.607. The van der Waals surface area contributed by atoms with E-state index in [1.807, 2.05) is 0 Å². The van der Waals surface area contributed by atoms with Gasteiger partial charge in [-0.2, -0.15) is 0 Å². The molecule has 0 atom stereocenters. The van der Waals surface area contributed by atoms with Gasteiger partial charge in [-0.15, -0.1) is 11.6 Å². The van der Waals surface area contributed by atoms with Crippen molar-refractivity contribution < 1.29 is 16.8 Å². The lowest BCUT2D eigenvalue weighted by molar-refractivity contribution is 0.579. The van der Waals surface area contributed by atoms with E-state index in [0.717, 1.165) is 0 Å². The average Bonchev–Trinajstić information content (AvgIpc) is 2.03. The zero-order valence-electron chi connectivity index (χ0n) is 7.66. The van der Waals surface area contributed by atoms with Gasteiger partial charge in [0.2, 0.25) is 20.0 Å². The van der Waals surface area contributed by atoms with Crippen molar-refractivity contribution in [2.75, 3.05) is 31.0 Å². The number of hydrogen-bond donors (Lipinski definition) is 2. The molecule has 0 heterocycles. The Morgan fingerprint density at radius 3 is 2.07 bits per heavy atom. The van der Waals surface area contributed by atoms with E-state index in [9.17, 15) is 16.8 Å². The van der Waals surface area contributed by atoms with Gasteiger partial charge in [0.1, 0.15) is 0 Å². The van der Waals surface area contributed by atoms with E-state index in [0.29, 0.717) is 0 Å². The molecule has 0 unspecified atom stereocenters. The Kier molecular flexibility index (Phi) is 5.91. The quantitative estimate of drug-likeness (QED) is 0.559. The maximum Gasteiger partial charge on any atom is 0.212 e. The first kappa shape index (κ1) is 14.1. The molecule has 0 aromatic carbocycles. The van der Waals surface area contributed by atoms with Crippen LogP contribution in [0.15, 0.2) is 0 Å². The topological polar surface area (TPSA) is 92.3 Å². The van der Waals surface area contributed by atoms with Gasteiger partial charge >= 0.3 is 0 Å². The van der Waals surface area contributed by atoms with Crippen LogP contribution < -0.4 is 9.44 Å². The van der Waals surface area contributed by atoms with Gasteiger partial charge in [0.05, 0.1) is 11.5 Å². The average molecular weight is 265 g/mol. The third-order valence-corrected chi connectivity index (χ3v) is 4.51. The Morgan fingerprint density at radius 1 is 1.07 bits per heavy atom. The Morgan fingerprint density at radius 2 is 1.64 bits per heavy atom. The number of alkyl halides is 1. The first-order valence-corrected chi connectivity index (χ1v) is 7.61. The number of sulfonamides is 2. The van der Waals surface area contributed by atoms with Crippen molar-refractivity contribution in [3.05, 3.63) is 0 Å². The van der Waals surface area contributed by atoms with Crippen LogP contribution in [0.1, 0.15) is 0 Å². The molecule has 0 rings (SSSR count). The van der Waals surface area contributed by atoms with Gasteiger partial charge in [0.15, 0.2) is 0 Å². The summed E-state index contributed by atoms with van der Waals surface area (Å²) < 4.78 is 47.9. The van der Waals surface area contributed by atoms with Crippen LogP contribution in [0, 0.1) is 0 Å². The maximum absolute atomic E-state index is 11.0. The van der Waals surface area contributed by atoms with E-state index in [1.54, 1.807) is 0 Å². The van der Waals surface area contributed by atoms with Gasteiger partial charge in [-0.25, -0.2) is 26.3 Å². The highest BCUT2D eigenvalue weighted by molar-refractivity contribution is 7.90. The van der Waals surface area contributed by atoms with Crippen molar-refractivity contribution in [2.45, 2.75) is 0 Å². The lowest BCUT2D eigenvalue weighted by atomic mass is 10.8. The van der Waals surface area contributed by atoms with Gasteiger partial charge in [0, 0.05) is 12.4 Å². The molecule has 0 fully saturated rings. The summed E-state index contributed by atoms with van der Waals surface area (Å²) in [5, 5.41) is 0.